The van der Waals surface area contributed by atoms with Gasteiger partial charge >= 0.3 is 6.09 Å². The summed E-state index contributed by atoms with van der Waals surface area (Å²) in [5.41, 5.74) is -1.64. The van der Waals surface area contributed by atoms with E-state index in [4.69, 9.17) is 35.8 Å². The lowest BCUT2D eigenvalue weighted by Gasteiger charge is -2.36. The van der Waals surface area contributed by atoms with Gasteiger partial charge in [-0.25, -0.2) is 45.0 Å². The molecule has 3 aromatic heterocycles. The lowest BCUT2D eigenvalue weighted by atomic mass is 10.0. The van der Waals surface area contributed by atoms with Gasteiger partial charge in [0.25, 0.3) is 12.0 Å². The van der Waals surface area contributed by atoms with Gasteiger partial charge in [-0.2, -0.15) is 5.10 Å². The van der Waals surface area contributed by atoms with E-state index in [1.54, 1.807) is 51.1 Å². The Morgan fingerprint density at radius 1 is 0.970 bits per heavy atom. The number of ether oxygens (including phenoxy) is 3. The van der Waals surface area contributed by atoms with Crippen LogP contribution in [0.3, 0.4) is 0 Å². The van der Waals surface area contributed by atoms with Crippen LogP contribution >= 0.6 is 11.6 Å². The number of alkyl carbamates (subject to hydrolysis) is 1. The normalized spacial score (nSPS) is 17.3. The number of amides is 1. The molecular formula is C46H49ClF4N8O7S. The predicted octanol–water partition coefficient (Wildman–Crippen LogP) is 8.26. The average molecular weight is 969 g/mol. The largest absolute Gasteiger partial charge is 0.497 e. The number of alkyl halides is 2. The molecule has 1 amide bonds. The van der Waals surface area contributed by atoms with Crippen molar-refractivity contribution in [1.29, 1.82) is 0 Å². The molecule has 21 heteroatoms. The fourth-order valence-corrected chi connectivity index (χ4v) is 10.3. The minimum atomic E-state index is -4.19. The number of nitrogens with zero attached hydrogens (tertiary/aromatic N) is 7. The number of benzene rings is 3. The summed E-state index contributed by atoms with van der Waals surface area (Å²) in [6.45, 7) is 8.29. The zero-order chi connectivity index (χ0) is 48.1. The number of hydrogen-bond donors (Lipinski definition) is 1. The fraction of sp³-hybridized carbons (Fsp3) is 0.413. The maximum atomic E-state index is 15.3. The van der Waals surface area contributed by atoms with Gasteiger partial charge in [0.05, 0.1) is 64.2 Å². The summed E-state index contributed by atoms with van der Waals surface area (Å²) in [6.07, 6.45) is -4.00. The van der Waals surface area contributed by atoms with Crippen molar-refractivity contribution in [3.05, 3.63) is 111 Å². The topological polar surface area (TPSA) is 163 Å². The van der Waals surface area contributed by atoms with E-state index in [9.17, 15) is 30.8 Å². The molecule has 1 aliphatic heterocycles. The first-order chi connectivity index (χ1) is 31.7. The van der Waals surface area contributed by atoms with E-state index in [2.05, 4.69) is 10.4 Å². The van der Waals surface area contributed by atoms with Crippen molar-refractivity contribution in [2.45, 2.75) is 102 Å². The Morgan fingerprint density at radius 2 is 1.64 bits per heavy atom. The zero-order valence-corrected chi connectivity index (χ0v) is 39.0. The molecule has 15 nitrogen and oxygen atoms in total. The van der Waals surface area contributed by atoms with E-state index in [1.165, 1.54) is 25.3 Å². The molecular weight excluding hydrogens is 920 g/mol. The summed E-state index contributed by atoms with van der Waals surface area (Å²) in [6, 6.07) is 13.9. The van der Waals surface area contributed by atoms with Crippen molar-refractivity contribution in [3.63, 3.8) is 0 Å². The first-order valence-electron chi connectivity index (χ1n) is 21.6. The van der Waals surface area contributed by atoms with Crippen LogP contribution in [0.5, 0.6) is 5.75 Å². The molecule has 1 saturated carbocycles. The van der Waals surface area contributed by atoms with Crippen LogP contribution in [0.4, 0.5) is 34.0 Å². The minimum absolute atomic E-state index is 0.0321. The number of sulfonamides is 1. The van der Waals surface area contributed by atoms with Gasteiger partial charge in [0.1, 0.15) is 41.2 Å². The molecule has 67 heavy (non-hydrogen) atoms. The van der Waals surface area contributed by atoms with Gasteiger partial charge in [-0.15, -0.1) is 0 Å². The number of anilines is 2. The Bertz CT molecular complexity index is 2990. The van der Waals surface area contributed by atoms with Crippen molar-refractivity contribution in [2.75, 3.05) is 29.4 Å². The van der Waals surface area contributed by atoms with Crippen LogP contribution in [0.1, 0.15) is 70.5 Å². The quantitative estimate of drug-likeness (QED) is 0.105. The Morgan fingerprint density at radius 3 is 2.25 bits per heavy atom. The summed E-state index contributed by atoms with van der Waals surface area (Å²) in [7, 11) is -2.70. The van der Waals surface area contributed by atoms with Gasteiger partial charge < -0.3 is 24.4 Å². The van der Waals surface area contributed by atoms with Crippen LogP contribution < -0.4 is 24.8 Å². The molecule has 0 spiro atoms. The molecule has 3 aromatic carbocycles. The van der Waals surface area contributed by atoms with Gasteiger partial charge in [-0.05, 0) is 107 Å². The predicted molar refractivity (Wildman–Crippen MR) is 245 cm³/mol. The number of morpholine rings is 1. The summed E-state index contributed by atoms with van der Waals surface area (Å²) < 4.78 is 108. The second-order valence-electron chi connectivity index (χ2n) is 17.8. The smallest absolute Gasteiger partial charge is 0.408 e. The van der Waals surface area contributed by atoms with Crippen LogP contribution in [0, 0.1) is 11.6 Å². The summed E-state index contributed by atoms with van der Waals surface area (Å²) in [4.78, 5) is 40.7. The first-order valence-corrected chi connectivity index (χ1v) is 23.5. The number of halogens is 5. The lowest BCUT2D eigenvalue weighted by Crippen LogP contribution is -2.45. The van der Waals surface area contributed by atoms with Crippen molar-refractivity contribution < 1.29 is 45.0 Å². The Balaban J connectivity index is 1.41. The third-order valence-electron chi connectivity index (χ3n) is 11.2. The first kappa shape index (κ1) is 47.5. The van der Waals surface area contributed by atoms with Gasteiger partial charge in [0.15, 0.2) is 11.5 Å². The third kappa shape index (κ3) is 10.3. The number of hydrogen-bond acceptors (Lipinski definition) is 11. The van der Waals surface area contributed by atoms with Crippen molar-refractivity contribution in [2.24, 2.45) is 0 Å². The fourth-order valence-electron chi connectivity index (χ4n) is 8.29. The molecule has 6 aromatic rings. The van der Waals surface area contributed by atoms with E-state index >= 15 is 4.79 Å². The van der Waals surface area contributed by atoms with Crippen molar-refractivity contribution in [1.82, 2.24) is 29.6 Å². The molecule has 0 radical (unpaired) electrons. The summed E-state index contributed by atoms with van der Waals surface area (Å²) >= 11 is 6.97. The van der Waals surface area contributed by atoms with Crippen LogP contribution in [0.25, 0.3) is 27.6 Å². The second kappa shape index (κ2) is 18.6. The van der Waals surface area contributed by atoms with Gasteiger partial charge in [-0.1, -0.05) is 23.7 Å². The number of rotatable bonds is 14. The number of carbonyl (C=O) groups is 1. The zero-order valence-electron chi connectivity index (χ0n) is 37.5. The molecule has 3 atom stereocenters. The maximum Gasteiger partial charge on any atom is 0.408 e. The highest BCUT2D eigenvalue weighted by molar-refractivity contribution is 7.93. The Kier molecular flexibility index (Phi) is 13.2. The molecule has 1 saturated heterocycles. The number of pyridine rings is 1. The standard InChI is InChI=1S/C46H49ClF4N8O7S/c1-25-21-56(22-26(2)65-25)38-16-13-33-41(53-38)54-42(35(52-45(61)66-46(3,4)5)19-28-17-29(48)20-30(49)18-28)59(44(33)60)36-15-14-34(47)39-40(36)57(24-37(50)51)55-43(39)58(67(62,63)32-11-12-32)23-27-7-9-31(64-6)10-8-27/h7-10,13-18,20,25-26,32,35,37H,11-12,19,21-24H2,1-6H3,(H,52,61)/t25-,26+,35-/m0/s1. The van der Waals surface area contributed by atoms with Crippen molar-refractivity contribution >= 4 is 61.3 Å². The second-order valence-corrected chi connectivity index (χ2v) is 20.3. The monoisotopic (exact) mass is 968 g/mol. The molecule has 4 heterocycles. The molecule has 2 aliphatic rings. The molecule has 1 N–H and O–H groups in total. The van der Waals surface area contributed by atoms with Crippen LogP contribution in [-0.4, -0.2) is 88.5 Å². The van der Waals surface area contributed by atoms with Gasteiger partial charge in [0, 0.05) is 25.6 Å². The number of methoxy groups -OCH3 is 1. The summed E-state index contributed by atoms with van der Waals surface area (Å²) in [5, 5.41) is 6.29. The van der Waals surface area contributed by atoms with E-state index in [0.717, 1.165) is 25.7 Å². The minimum Gasteiger partial charge on any atom is -0.497 e. The van der Waals surface area contributed by atoms with E-state index in [1.807, 2.05) is 18.7 Å². The Hall–Kier alpha value is -5.99. The molecule has 1 aliphatic carbocycles. The highest BCUT2D eigenvalue weighted by atomic mass is 35.5. The molecule has 2 fully saturated rings. The SMILES string of the molecule is COc1ccc(CN(c2nn(CC(F)F)c3c(-n4c([C@H](Cc5cc(F)cc(F)c5)NC(=O)OC(C)(C)C)nc5nc(N6C[C@@H](C)O[C@@H](C)C6)ccc5c4=O)ccc(Cl)c23)S(=O)(=O)C2CC2)cc1. The highest BCUT2D eigenvalue weighted by Crippen LogP contribution is 2.42. The molecule has 0 bridgehead atoms. The average Bonchev–Trinajstić information content (AvgIpc) is 4.04. The number of aromatic nitrogens is 5. The van der Waals surface area contributed by atoms with Crippen LogP contribution in [0.15, 0.2) is 71.5 Å². The highest BCUT2D eigenvalue weighted by Gasteiger charge is 2.43. The lowest BCUT2D eigenvalue weighted by molar-refractivity contribution is -0.00545. The van der Waals surface area contributed by atoms with E-state index < -0.39 is 63.2 Å². The van der Waals surface area contributed by atoms with Gasteiger partial charge in [-0.3, -0.25) is 14.0 Å². The Labute approximate surface area is 388 Å². The molecule has 8 rings (SSSR count). The number of carbonyl (C=O) groups excluding carboxylic acids is 1. The number of fused-ring (bicyclic) bond motifs is 2. The maximum absolute atomic E-state index is 15.3. The number of nitrogens with one attached hydrogen (secondary N) is 1. The summed E-state index contributed by atoms with van der Waals surface area (Å²) in [5.74, 6) is -1.39. The van der Waals surface area contributed by atoms with E-state index in [0.29, 0.717) is 49.1 Å². The van der Waals surface area contributed by atoms with Crippen molar-refractivity contribution in [3.8, 4) is 11.4 Å². The van der Waals surface area contributed by atoms with Gasteiger partial charge in [0.2, 0.25) is 10.0 Å². The van der Waals surface area contributed by atoms with Crippen LogP contribution in [-0.2, 0) is 39.0 Å². The third-order valence-corrected chi connectivity index (χ3v) is 13.7. The molecule has 0 unspecified atom stereocenters. The van der Waals surface area contributed by atoms with E-state index in [-0.39, 0.29) is 75.0 Å². The van der Waals surface area contributed by atoms with Crippen LogP contribution in [0.2, 0.25) is 5.02 Å². The molecule has 356 valence electrons.